The Morgan fingerprint density at radius 2 is 1.88 bits per heavy atom. The number of aromatic nitrogens is 2. The third-order valence-electron chi connectivity index (χ3n) is 4.79. The van der Waals surface area contributed by atoms with Gasteiger partial charge in [0.25, 0.3) is 5.56 Å². The maximum absolute atomic E-state index is 14.7. The topological polar surface area (TPSA) is 47.4 Å². The van der Waals surface area contributed by atoms with Crippen molar-refractivity contribution in [3.8, 4) is 5.69 Å². The van der Waals surface area contributed by atoms with Gasteiger partial charge in [0.05, 0.1) is 23.6 Å². The van der Waals surface area contributed by atoms with Crippen LogP contribution in [-0.2, 0) is 4.74 Å². The summed E-state index contributed by atoms with van der Waals surface area (Å²) in [6, 6.07) is 6.40. The Kier molecular flexibility index (Phi) is 3.64. The van der Waals surface area contributed by atoms with Crippen LogP contribution in [0.5, 0.6) is 0 Å². The predicted octanol–water partition coefficient (Wildman–Crippen LogP) is 2.36. The van der Waals surface area contributed by atoms with Crippen LogP contribution in [0.4, 0.5) is 10.1 Å². The summed E-state index contributed by atoms with van der Waals surface area (Å²) in [7, 11) is 0. The smallest absolute Gasteiger partial charge is 0.258 e. The van der Waals surface area contributed by atoms with Crippen molar-refractivity contribution in [2.24, 2.45) is 0 Å². The fraction of sp³-hybridized carbons (Fsp3) is 0.444. The standard InChI is InChI=1S/C18H20FN3O2/c1-11-7-18(23)22(12(2)20-11)13-3-6-17(16(19)8-13)21-9-14-4-5-15(10-21)24-14/h3,6-8,14-15H,4-5,9-10H2,1-2H3. The van der Waals surface area contributed by atoms with E-state index in [2.05, 4.69) is 4.98 Å². The van der Waals surface area contributed by atoms with Crippen LogP contribution >= 0.6 is 0 Å². The number of morpholine rings is 1. The molecule has 2 saturated heterocycles. The Hall–Kier alpha value is -2.21. The molecular weight excluding hydrogens is 309 g/mol. The SMILES string of the molecule is Cc1cc(=O)n(-c2ccc(N3CC4CCC(C3)O4)c(F)c2)c(C)n1. The van der Waals surface area contributed by atoms with Crippen LogP contribution in [0.3, 0.4) is 0 Å². The normalized spacial score (nSPS) is 22.9. The Bertz CT molecular complexity index is 837. The lowest BCUT2D eigenvalue weighted by Crippen LogP contribution is -2.43. The highest BCUT2D eigenvalue weighted by atomic mass is 19.1. The number of rotatable bonds is 2. The van der Waals surface area contributed by atoms with Crippen LogP contribution in [0.2, 0.25) is 0 Å². The van der Waals surface area contributed by atoms with E-state index in [1.165, 1.54) is 16.7 Å². The van der Waals surface area contributed by atoms with Gasteiger partial charge in [-0.3, -0.25) is 9.36 Å². The molecule has 0 saturated carbocycles. The van der Waals surface area contributed by atoms with Crippen molar-refractivity contribution in [2.75, 3.05) is 18.0 Å². The van der Waals surface area contributed by atoms with Gasteiger partial charge in [0.15, 0.2) is 0 Å². The first-order valence-electron chi connectivity index (χ1n) is 8.29. The van der Waals surface area contributed by atoms with E-state index in [0.717, 1.165) is 25.9 Å². The number of nitrogens with zero attached hydrogens (tertiary/aromatic N) is 3. The van der Waals surface area contributed by atoms with Crippen molar-refractivity contribution >= 4 is 5.69 Å². The largest absolute Gasteiger partial charge is 0.371 e. The van der Waals surface area contributed by atoms with Gasteiger partial charge in [-0.1, -0.05) is 0 Å². The fourth-order valence-corrected chi connectivity index (χ4v) is 3.76. The number of fused-ring (bicyclic) bond motifs is 2. The van der Waals surface area contributed by atoms with E-state index in [0.29, 0.717) is 22.9 Å². The summed E-state index contributed by atoms with van der Waals surface area (Å²) in [5.74, 6) is 0.234. The molecule has 5 nitrogen and oxygen atoms in total. The van der Waals surface area contributed by atoms with E-state index in [-0.39, 0.29) is 23.6 Å². The second kappa shape index (κ2) is 5.70. The van der Waals surface area contributed by atoms with Crippen LogP contribution in [0.15, 0.2) is 29.1 Å². The molecule has 2 unspecified atom stereocenters. The first-order chi connectivity index (χ1) is 11.5. The zero-order valence-electron chi connectivity index (χ0n) is 13.8. The third kappa shape index (κ3) is 2.60. The summed E-state index contributed by atoms with van der Waals surface area (Å²) < 4.78 is 22.0. The van der Waals surface area contributed by atoms with Crippen LogP contribution in [-0.4, -0.2) is 34.8 Å². The van der Waals surface area contributed by atoms with Crippen molar-refractivity contribution in [3.05, 3.63) is 52.0 Å². The number of aryl methyl sites for hydroxylation is 2. The molecule has 1 aromatic heterocycles. The molecule has 0 spiro atoms. The van der Waals surface area contributed by atoms with Gasteiger partial charge in [-0.25, -0.2) is 9.37 Å². The zero-order valence-corrected chi connectivity index (χ0v) is 13.8. The molecule has 3 heterocycles. The maximum atomic E-state index is 14.7. The first-order valence-corrected chi connectivity index (χ1v) is 8.29. The minimum atomic E-state index is -0.319. The summed E-state index contributed by atoms with van der Waals surface area (Å²) in [4.78, 5) is 18.6. The molecule has 4 rings (SSSR count). The average Bonchev–Trinajstić information content (AvgIpc) is 2.85. The van der Waals surface area contributed by atoms with Crippen molar-refractivity contribution in [1.29, 1.82) is 0 Å². The molecule has 0 N–H and O–H groups in total. The van der Waals surface area contributed by atoms with Crippen molar-refractivity contribution in [1.82, 2.24) is 9.55 Å². The van der Waals surface area contributed by atoms with Gasteiger partial charge in [-0.15, -0.1) is 0 Å². The molecule has 6 heteroatoms. The average molecular weight is 329 g/mol. The van der Waals surface area contributed by atoms with E-state index in [1.54, 1.807) is 26.0 Å². The molecule has 2 atom stereocenters. The second-order valence-electron chi connectivity index (χ2n) is 6.62. The minimum Gasteiger partial charge on any atom is -0.371 e. The highest BCUT2D eigenvalue weighted by molar-refractivity contribution is 5.53. The second-order valence-corrected chi connectivity index (χ2v) is 6.62. The minimum absolute atomic E-state index is 0.198. The van der Waals surface area contributed by atoms with E-state index in [4.69, 9.17) is 4.74 Å². The summed E-state index contributed by atoms with van der Waals surface area (Å²) in [5, 5.41) is 0. The third-order valence-corrected chi connectivity index (χ3v) is 4.79. The molecule has 0 amide bonds. The maximum Gasteiger partial charge on any atom is 0.258 e. The molecule has 0 aliphatic carbocycles. The Balaban J connectivity index is 1.69. The van der Waals surface area contributed by atoms with Crippen LogP contribution in [0.25, 0.3) is 5.69 Å². The van der Waals surface area contributed by atoms with E-state index >= 15 is 0 Å². The fourth-order valence-electron chi connectivity index (χ4n) is 3.76. The molecule has 2 aliphatic rings. The summed E-state index contributed by atoms with van der Waals surface area (Å²) in [6.45, 7) is 4.96. The van der Waals surface area contributed by atoms with Gasteiger partial charge in [0.2, 0.25) is 0 Å². The number of benzene rings is 1. The van der Waals surface area contributed by atoms with E-state index < -0.39 is 0 Å². The monoisotopic (exact) mass is 329 g/mol. The van der Waals surface area contributed by atoms with Crippen molar-refractivity contribution in [3.63, 3.8) is 0 Å². The van der Waals surface area contributed by atoms with Crippen LogP contribution < -0.4 is 10.5 Å². The van der Waals surface area contributed by atoms with Crippen LogP contribution in [0.1, 0.15) is 24.4 Å². The van der Waals surface area contributed by atoms with Crippen molar-refractivity contribution < 1.29 is 9.13 Å². The quantitative estimate of drug-likeness (QED) is 0.849. The molecule has 2 fully saturated rings. The van der Waals surface area contributed by atoms with Gasteiger partial charge in [0.1, 0.15) is 11.6 Å². The number of ether oxygens (including phenoxy) is 1. The predicted molar refractivity (Wildman–Crippen MR) is 89.4 cm³/mol. The van der Waals surface area contributed by atoms with E-state index in [1.807, 2.05) is 4.90 Å². The Morgan fingerprint density at radius 3 is 2.50 bits per heavy atom. The molecule has 1 aromatic carbocycles. The van der Waals surface area contributed by atoms with Gasteiger partial charge in [0, 0.05) is 30.9 Å². The van der Waals surface area contributed by atoms with Crippen LogP contribution in [0, 0.1) is 19.7 Å². The molecule has 0 radical (unpaired) electrons. The highest BCUT2D eigenvalue weighted by Gasteiger charge is 2.34. The van der Waals surface area contributed by atoms with Gasteiger partial charge in [-0.05, 0) is 38.8 Å². The lowest BCUT2D eigenvalue weighted by molar-refractivity contribution is 0.0303. The summed E-state index contributed by atoms with van der Waals surface area (Å²) >= 11 is 0. The first kappa shape index (κ1) is 15.3. The number of halogens is 1. The Morgan fingerprint density at radius 1 is 1.17 bits per heavy atom. The van der Waals surface area contributed by atoms with Gasteiger partial charge in [-0.2, -0.15) is 0 Å². The molecule has 24 heavy (non-hydrogen) atoms. The zero-order chi connectivity index (χ0) is 16.8. The number of anilines is 1. The van der Waals surface area contributed by atoms with E-state index in [9.17, 15) is 9.18 Å². The lowest BCUT2D eigenvalue weighted by atomic mass is 10.2. The molecule has 2 bridgehead atoms. The lowest BCUT2D eigenvalue weighted by Gasteiger charge is -2.34. The Labute approximate surface area is 139 Å². The molecule has 126 valence electrons. The molecule has 2 aliphatic heterocycles. The summed E-state index contributed by atoms with van der Waals surface area (Å²) in [6.07, 6.45) is 2.50. The molecular formula is C18H20FN3O2. The summed E-state index contributed by atoms with van der Waals surface area (Å²) in [5.41, 5.74) is 1.54. The van der Waals surface area contributed by atoms with Gasteiger partial charge < -0.3 is 9.64 Å². The van der Waals surface area contributed by atoms with Gasteiger partial charge >= 0.3 is 0 Å². The highest BCUT2D eigenvalue weighted by Crippen LogP contribution is 2.31. The number of hydrogen-bond donors (Lipinski definition) is 0. The number of hydrogen-bond acceptors (Lipinski definition) is 4. The van der Waals surface area contributed by atoms with Crippen molar-refractivity contribution in [2.45, 2.75) is 38.9 Å². The molecule has 2 aromatic rings.